The molecular weight excluding hydrogens is 190 g/mol. The minimum atomic E-state index is 0.210. The standard InChI is InChI=1S/C11H15N3O/c1-8-3-4-11(15-8)9(2)13-6-10-5-12-7-14-10/h3-5,7,9,13H,6H2,1-2H3,(H,12,14). The zero-order valence-electron chi connectivity index (χ0n) is 8.95. The van der Waals surface area contributed by atoms with Crippen LogP contribution in [-0.4, -0.2) is 9.97 Å². The number of furan rings is 1. The molecular formula is C11H15N3O. The Labute approximate surface area is 88.7 Å². The van der Waals surface area contributed by atoms with Gasteiger partial charge in [0.1, 0.15) is 11.5 Å². The molecule has 1 atom stereocenters. The van der Waals surface area contributed by atoms with Crippen LogP contribution in [0.15, 0.2) is 29.1 Å². The maximum atomic E-state index is 5.53. The van der Waals surface area contributed by atoms with Crippen LogP contribution in [0, 0.1) is 6.92 Å². The second-order valence-electron chi connectivity index (χ2n) is 3.63. The minimum Gasteiger partial charge on any atom is -0.465 e. The smallest absolute Gasteiger partial charge is 0.120 e. The number of imidazole rings is 1. The van der Waals surface area contributed by atoms with Crippen molar-refractivity contribution in [1.82, 2.24) is 15.3 Å². The van der Waals surface area contributed by atoms with Crippen molar-refractivity contribution in [2.45, 2.75) is 26.4 Å². The molecule has 0 amide bonds. The Balaban J connectivity index is 1.90. The summed E-state index contributed by atoms with van der Waals surface area (Å²) in [5.41, 5.74) is 1.07. The Bertz CT molecular complexity index is 405. The summed E-state index contributed by atoms with van der Waals surface area (Å²) in [4.78, 5) is 7.00. The van der Waals surface area contributed by atoms with E-state index in [0.29, 0.717) is 0 Å². The van der Waals surface area contributed by atoms with Crippen LogP contribution in [0.25, 0.3) is 0 Å². The number of aromatic nitrogens is 2. The van der Waals surface area contributed by atoms with Gasteiger partial charge in [-0.2, -0.15) is 0 Å². The molecule has 0 saturated heterocycles. The van der Waals surface area contributed by atoms with E-state index >= 15 is 0 Å². The molecule has 2 heterocycles. The SMILES string of the molecule is Cc1ccc(C(C)NCc2cnc[nH]2)o1. The second-order valence-corrected chi connectivity index (χ2v) is 3.63. The van der Waals surface area contributed by atoms with Crippen LogP contribution < -0.4 is 5.32 Å². The highest BCUT2D eigenvalue weighted by Crippen LogP contribution is 2.15. The van der Waals surface area contributed by atoms with E-state index in [0.717, 1.165) is 23.8 Å². The summed E-state index contributed by atoms with van der Waals surface area (Å²) in [6.45, 7) is 4.79. The van der Waals surface area contributed by atoms with E-state index < -0.39 is 0 Å². The van der Waals surface area contributed by atoms with E-state index in [1.165, 1.54) is 0 Å². The molecule has 0 spiro atoms. The van der Waals surface area contributed by atoms with Gasteiger partial charge in [0.2, 0.25) is 0 Å². The molecule has 0 aromatic carbocycles. The number of hydrogen-bond acceptors (Lipinski definition) is 3. The first-order chi connectivity index (χ1) is 7.25. The van der Waals surface area contributed by atoms with Gasteiger partial charge in [0.15, 0.2) is 0 Å². The summed E-state index contributed by atoms with van der Waals surface area (Å²) in [6, 6.07) is 4.19. The lowest BCUT2D eigenvalue weighted by atomic mass is 10.2. The van der Waals surface area contributed by atoms with Crippen molar-refractivity contribution in [2.75, 3.05) is 0 Å². The Morgan fingerprint density at radius 1 is 1.53 bits per heavy atom. The average Bonchev–Trinajstić information content (AvgIpc) is 2.84. The Kier molecular flexibility index (Phi) is 2.87. The fourth-order valence-electron chi connectivity index (χ4n) is 1.43. The summed E-state index contributed by atoms with van der Waals surface area (Å²) in [7, 11) is 0. The summed E-state index contributed by atoms with van der Waals surface area (Å²) < 4.78 is 5.53. The number of rotatable bonds is 4. The summed E-state index contributed by atoms with van der Waals surface area (Å²) in [5.74, 6) is 1.91. The van der Waals surface area contributed by atoms with E-state index in [1.54, 1.807) is 6.33 Å². The van der Waals surface area contributed by atoms with Gasteiger partial charge in [0.05, 0.1) is 12.4 Å². The van der Waals surface area contributed by atoms with Crippen LogP contribution in [0.5, 0.6) is 0 Å². The highest BCUT2D eigenvalue weighted by Gasteiger charge is 2.08. The zero-order chi connectivity index (χ0) is 10.7. The van der Waals surface area contributed by atoms with Crippen LogP contribution in [0.4, 0.5) is 0 Å². The van der Waals surface area contributed by atoms with E-state index in [4.69, 9.17) is 4.42 Å². The molecule has 1 unspecified atom stereocenters. The van der Waals surface area contributed by atoms with Gasteiger partial charge < -0.3 is 14.7 Å². The van der Waals surface area contributed by atoms with E-state index in [9.17, 15) is 0 Å². The lowest BCUT2D eigenvalue weighted by Crippen LogP contribution is -2.17. The minimum absolute atomic E-state index is 0.210. The van der Waals surface area contributed by atoms with Crippen molar-refractivity contribution in [3.63, 3.8) is 0 Å². The maximum absolute atomic E-state index is 5.53. The predicted octanol–water partition coefficient (Wildman–Crippen LogP) is 2.16. The van der Waals surface area contributed by atoms with Gasteiger partial charge in [-0.05, 0) is 26.0 Å². The molecule has 2 N–H and O–H groups in total. The topological polar surface area (TPSA) is 53.9 Å². The molecule has 4 nitrogen and oxygen atoms in total. The van der Waals surface area contributed by atoms with E-state index in [-0.39, 0.29) is 6.04 Å². The first kappa shape index (κ1) is 9.98. The van der Waals surface area contributed by atoms with Crippen molar-refractivity contribution in [3.05, 3.63) is 41.9 Å². The quantitative estimate of drug-likeness (QED) is 0.804. The van der Waals surface area contributed by atoms with Gasteiger partial charge in [0.25, 0.3) is 0 Å². The van der Waals surface area contributed by atoms with Crippen LogP contribution in [0.3, 0.4) is 0 Å². The van der Waals surface area contributed by atoms with Crippen LogP contribution in [0.1, 0.15) is 30.2 Å². The molecule has 0 aliphatic rings. The second kappa shape index (κ2) is 4.31. The third kappa shape index (κ3) is 2.47. The van der Waals surface area contributed by atoms with Crippen molar-refractivity contribution in [3.8, 4) is 0 Å². The Hall–Kier alpha value is -1.55. The molecule has 0 aliphatic heterocycles. The van der Waals surface area contributed by atoms with Crippen molar-refractivity contribution in [1.29, 1.82) is 0 Å². The number of nitrogens with one attached hydrogen (secondary N) is 2. The normalized spacial score (nSPS) is 12.9. The predicted molar refractivity (Wildman–Crippen MR) is 57.3 cm³/mol. The van der Waals surface area contributed by atoms with E-state index in [2.05, 4.69) is 22.2 Å². The first-order valence-electron chi connectivity index (χ1n) is 5.02. The van der Waals surface area contributed by atoms with Crippen LogP contribution in [-0.2, 0) is 6.54 Å². The lowest BCUT2D eigenvalue weighted by Gasteiger charge is -2.09. The van der Waals surface area contributed by atoms with Gasteiger partial charge in [-0.15, -0.1) is 0 Å². The van der Waals surface area contributed by atoms with Gasteiger partial charge in [-0.25, -0.2) is 4.98 Å². The molecule has 2 aromatic rings. The van der Waals surface area contributed by atoms with Crippen LogP contribution >= 0.6 is 0 Å². The zero-order valence-corrected chi connectivity index (χ0v) is 8.95. The Morgan fingerprint density at radius 2 is 2.40 bits per heavy atom. The van der Waals surface area contributed by atoms with Gasteiger partial charge in [0, 0.05) is 18.4 Å². The molecule has 2 rings (SSSR count). The third-order valence-corrected chi connectivity index (χ3v) is 2.34. The third-order valence-electron chi connectivity index (χ3n) is 2.34. The van der Waals surface area contributed by atoms with Gasteiger partial charge >= 0.3 is 0 Å². The number of aryl methyl sites for hydroxylation is 1. The van der Waals surface area contributed by atoms with Crippen LogP contribution in [0.2, 0.25) is 0 Å². The molecule has 0 radical (unpaired) electrons. The average molecular weight is 205 g/mol. The number of aromatic amines is 1. The fraction of sp³-hybridized carbons (Fsp3) is 0.364. The number of nitrogens with zero attached hydrogens (tertiary/aromatic N) is 1. The van der Waals surface area contributed by atoms with Gasteiger partial charge in [-0.1, -0.05) is 0 Å². The summed E-state index contributed by atoms with van der Waals surface area (Å²) >= 11 is 0. The lowest BCUT2D eigenvalue weighted by molar-refractivity contribution is 0.415. The summed E-state index contributed by atoms with van der Waals surface area (Å²) in [5, 5.41) is 3.35. The maximum Gasteiger partial charge on any atom is 0.120 e. The monoisotopic (exact) mass is 205 g/mol. The molecule has 80 valence electrons. The van der Waals surface area contributed by atoms with Crippen molar-refractivity contribution in [2.24, 2.45) is 0 Å². The highest BCUT2D eigenvalue weighted by atomic mass is 16.3. The fourth-order valence-corrected chi connectivity index (χ4v) is 1.43. The molecule has 0 bridgehead atoms. The van der Waals surface area contributed by atoms with Crippen molar-refractivity contribution >= 4 is 0 Å². The Morgan fingerprint density at radius 3 is 3.00 bits per heavy atom. The number of H-pyrrole nitrogens is 1. The molecule has 2 aromatic heterocycles. The molecule has 15 heavy (non-hydrogen) atoms. The van der Waals surface area contributed by atoms with Crippen molar-refractivity contribution < 1.29 is 4.42 Å². The molecule has 0 aliphatic carbocycles. The number of hydrogen-bond donors (Lipinski definition) is 2. The largest absolute Gasteiger partial charge is 0.465 e. The highest BCUT2D eigenvalue weighted by molar-refractivity contribution is 5.09. The van der Waals surface area contributed by atoms with Gasteiger partial charge in [-0.3, -0.25) is 0 Å². The van der Waals surface area contributed by atoms with E-state index in [1.807, 2.05) is 25.3 Å². The first-order valence-corrected chi connectivity index (χ1v) is 5.02. The summed E-state index contributed by atoms with van der Waals surface area (Å²) in [6.07, 6.45) is 3.49. The molecule has 4 heteroatoms. The molecule has 0 saturated carbocycles. The molecule has 0 fully saturated rings.